The first kappa shape index (κ1) is 14.7. The average Bonchev–Trinajstić information content (AvgIpc) is 2.28. The highest BCUT2D eigenvalue weighted by atomic mass is 35.9. The van der Waals surface area contributed by atoms with Crippen molar-refractivity contribution in [2.75, 3.05) is 0 Å². The van der Waals surface area contributed by atoms with Gasteiger partial charge in [-0.25, -0.2) is 0 Å². The number of halogens is 2. The lowest BCUT2D eigenvalue weighted by atomic mass is 10.2. The smallest absolute Gasteiger partial charge is 0.296 e. The van der Waals surface area contributed by atoms with Crippen LogP contribution in [0.5, 0.6) is 0 Å². The number of hydroxylamine groups is 1. The minimum absolute atomic E-state index is 0.285. The van der Waals surface area contributed by atoms with E-state index in [1.165, 1.54) is 6.92 Å². The van der Waals surface area contributed by atoms with Gasteiger partial charge in [0.1, 0.15) is 0 Å². The summed E-state index contributed by atoms with van der Waals surface area (Å²) in [5.41, 5.74) is 2.62. The molecule has 1 rings (SSSR count). The molecule has 0 amide bonds. The van der Waals surface area contributed by atoms with Gasteiger partial charge in [0.2, 0.25) is 5.52 Å². The second-order valence-corrected chi connectivity index (χ2v) is 8.16. The van der Waals surface area contributed by atoms with Crippen LogP contribution in [-0.4, -0.2) is 11.6 Å². The molecule has 1 atom stereocenters. The van der Waals surface area contributed by atoms with Gasteiger partial charge < -0.3 is 0 Å². The molecule has 0 aliphatic carbocycles. The summed E-state index contributed by atoms with van der Waals surface area (Å²) >= 11 is 10.5. The number of carbonyl (C=O) groups is 1. The maximum Gasteiger partial charge on any atom is 0.318 e. The molecule has 0 spiro atoms. The normalized spacial score (nSPS) is 13.4. The predicted octanol–water partition coefficient (Wildman–Crippen LogP) is 3.29. The van der Waals surface area contributed by atoms with Crippen LogP contribution in [0.1, 0.15) is 12.5 Å². The Hall–Kier alpha value is -0.380. The lowest BCUT2D eigenvalue weighted by Crippen LogP contribution is -2.32. The van der Waals surface area contributed by atoms with Crippen LogP contribution in [0.2, 0.25) is 0 Å². The van der Waals surface area contributed by atoms with Crippen LogP contribution in [0.15, 0.2) is 30.3 Å². The molecule has 0 saturated heterocycles. The lowest BCUT2D eigenvalue weighted by Gasteiger charge is -2.12. The Bertz CT molecular complexity index is 421. The van der Waals surface area contributed by atoms with Gasteiger partial charge >= 0.3 is 5.85 Å². The number of hydrogen-bond acceptors (Lipinski definition) is 4. The zero-order valence-electron chi connectivity index (χ0n) is 9.10. The zero-order chi connectivity index (χ0) is 12.9. The largest absolute Gasteiger partial charge is 0.318 e. The van der Waals surface area contributed by atoms with Crippen LogP contribution in [-0.2, 0) is 20.8 Å². The van der Waals surface area contributed by atoms with Crippen molar-refractivity contribution in [2.45, 2.75) is 19.6 Å². The van der Waals surface area contributed by atoms with E-state index in [0.29, 0.717) is 0 Å². The highest BCUT2D eigenvalue weighted by Crippen LogP contribution is 2.57. The number of nitrogens with one attached hydrogen (secondary N) is 1. The van der Waals surface area contributed by atoms with Crippen LogP contribution in [0.25, 0.3) is 0 Å². The highest BCUT2D eigenvalue weighted by Gasteiger charge is 2.30. The Morgan fingerprint density at radius 3 is 2.53 bits per heavy atom. The average molecular weight is 296 g/mol. The van der Waals surface area contributed by atoms with E-state index >= 15 is 0 Å². The van der Waals surface area contributed by atoms with Crippen molar-refractivity contribution in [3.8, 4) is 0 Å². The van der Waals surface area contributed by atoms with Gasteiger partial charge in [0.15, 0.2) is 0 Å². The Morgan fingerprint density at radius 2 is 2.00 bits per heavy atom. The van der Waals surface area contributed by atoms with Crippen molar-refractivity contribution in [1.29, 1.82) is 0 Å². The molecule has 0 saturated carbocycles. The summed E-state index contributed by atoms with van der Waals surface area (Å²) in [5, 5.41) is 0. The van der Waals surface area contributed by atoms with Gasteiger partial charge in [-0.2, -0.15) is 5.48 Å². The molecule has 0 fully saturated rings. The second-order valence-electron chi connectivity index (χ2n) is 3.41. The molecule has 0 radical (unpaired) electrons. The highest BCUT2D eigenvalue weighted by molar-refractivity contribution is 8.19. The van der Waals surface area contributed by atoms with Crippen molar-refractivity contribution < 1.29 is 14.2 Å². The van der Waals surface area contributed by atoms with Crippen molar-refractivity contribution >= 4 is 33.9 Å². The fourth-order valence-electron chi connectivity index (χ4n) is 1.10. The maximum absolute atomic E-state index is 11.3. The van der Waals surface area contributed by atoms with Gasteiger partial charge in [-0.3, -0.25) is 14.2 Å². The number of rotatable bonds is 6. The summed E-state index contributed by atoms with van der Waals surface area (Å²) in [6, 6.07) is 8.57. The van der Waals surface area contributed by atoms with E-state index in [2.05, 4.69) is 5.48 Å². The van der Waals surface area contributed by atoms with E-state index in [-0.39, 0.29) is 6.61 Å². The Kier molecular flexibility index (Phi) is 5.63. The molecule has 4 nitrogen and oxygen atoms in total. The molecule has 0 bridgehead atoms. The molecule has 17 heavy (non-hydrogen) atoms. The molecular formula is C10H12Cl2NO3P. The quantitative estimate of drug-likeness (QED) is 0.646. The predicted molar refractivity (Wildman–Crippen MR) is 68.1 cm³/mol. The standard InChI is InChI=1S/C10H12Cl2NO3P/c1-8(10(14)17(11,12)15)13-16-7-9-5-3-2-4-6-9/h2-6,8,13H,7H2,1H3. The van der Waals surface area contributed by atoms with Crippen molar-refractivity contribution in [2.24, 2.45) is 0 Å². The molecule has 1 N–H and O–H groups in total. The van der Waals surface area contributed by atoms with Crippen LogP contribution in [0.4, 0.5) is 0 Å². The Labute approximate surface area is 109 Å². The minimum Gasteiger partial charge on any atom is -0.296 e. The van der Waals surface area contributed by atoms with Crippen molar-refractivity contribution in [1.82, 2.24) is 5.48 Å². The summed E-state index contributed by atoms with van der Waals surface area (Å²) < 4.78 is 11.1. The molecule has 94 valence electrons. The summed E-state index contributed by atoms with van der Waals surface area (Å²) in [4.78, 5) is 16.4. The summed E-state index contributed by atoms with van der Waals surface area (Å²) in [7, 11) is 0. The number of carbonyl (C=O) groups excluding carboxylic acids is 1. The molecule has 0 heterocycles. The third kappa shape index (κ3) is 5.19. The van der Waals surface area contributed by atoms with Crippen LogP contribution in [0.3, 0.4) is 0 Å². The SMILES string of the molecule is CC(NOCc1ccccc1)C(=O)P(=O)(Cl)Cl. The molecule has 0 aliphatic heterocycles. The van der Waals surface area contributed by atoms with Gasteiger partial charge in [0.05, 0.1) is 12.6 Å². The third-order valence-electron chi connectivity index (χ3n) is 1.97. The van der Waals surface area contributed by atoms with E-state index in [9.17, 15) is 9.36 Å². The van der Waals surface area contributed by atoms with Crippen molar-refractivity contribution in [3.05, 3.63) is 35.9 Å². The van der Waals surface area contributed by atoms with E-state index in [1.807, 2.05) is 30.3 Å². The maximum atomic E-state index is 11.3. The lowest BCUT2D eigenvalue weighted by molar-refractivity contribution is -0.117. The van der Waals surface area contributed by atoms with Gasteiger partial charge in [-0.1, -0.05) is 30.3 Å². The fourth-order valence-corrected chi connectivity index (χ4v) is 2.48. The molecule has 1 unspecified atom stereocenters. The Balaban J connectivity index is 2.37. The molecule has 0 aromatic heterocycles. The van der Waals surface area contributed by atoms with Crippen molar-refractivity contribution in [3.63, 3.8) is 0 Å². The van der Waals surface area contributed by atoms with Gasteiger partial charge in [-0.15, -0.1) is 0 Å². The topological polar surface area (TPSA) is 55.4 Å². The molecule has 0 aliphatic rings. The molecule has 7 heteroatoms. The minimum atomic E-state index is -3.76. The summed E-state index contributed by atoms with van der Waals surface area (Å²) in [6.45, 7) is 1.76. The molecule has 1 aromatic rings. The first-order valence-corrected chi connectivity index (χ1v) is 8.38. The van der Waals surface area contributed by atoms with E-state index < -0.39 is 17.4 Å². The van der Waals surface area contributed by atoms with Crippen LogP contribution < -0.4 is 5.48 Å². The third-order valence-corrected chi connectivity index (χ3v) is 3.87. The van der Waals surface area contributed by atoms with Gasteiger partial charge in [-0.05, 0) is 35.0 Å². The summed E-state index contributed by atoms with van der Waals surface area (Å²) in [5.74, 6) is -3.76. The van der Waals surface area contributed by atoms with E-state index in [0.717, 1.165) is 5.56 Å². The molecular weight excluding hydrogens is 284 g/mol. The van der Waals surface area contributed by atoms with Crippen LogP contribution in [0, 0.1) is 0 Å². The van der Waals surface area contributed by atoms with E-state index in [1.54, 1.807) is 0 Å². The zero-order valence-corrected chi connectivity index (χ0v) is 11.5. The first-order chi connectivity index (χ1) is 7.91. The monoisotopic (exact) mass is 295 g/mol. The van der Waals surface area contributed by atoms with E-state index in [4.69, 9.17) is 27.3 Å². The molecule has 1 aromatic carbocycles. The fraction of sp³-hybridized carbons (Fsp3) is 0.300. The summed E-state index contributed by atoms with van der Waals surface area (Å²) in [6.07, 6.45) is 0. The number of hydrogen-bond donors (Lipinski definition) is 1. The second kappa shape index (κ2) is 6.53. The number of benzene rings is 1. The van der Waals surface area contributed by atoms with Gasteiger partial charge in [0.25, 0.3) is 0 Å². The Morgan fingerprint density at radius 1 is 1.41 bits per heavy atom. The van der Waals surface area contributed by atoms with Gasteiger partial charge in [0, 0.05) is 0 Å². The first-order valence-electron chi connectivity index (χ1n) is 4.86. The van der Waals surface area contributed by atoms with Crippen LogP contribution >= 0.6 is 28.3 Å².